The van der Waals surface area contributed by atoms with Gasteiger partial charge in [-0.05, 0) is 50.1 Å². The highest BCUT2D eigenvalue weighted by Gasteiger charge is 2.11. The molecule has 0 radical (unpaired) electrons. The lowest BCUT2D eigenvalue weighted by Crippen LogP contribution is -2.36. The molecule has 1 unspecified atom stereocenters. The summed E-state index contributed by atoms with van der Waals surface area (Å²) < 4.78 is 0. The van der Waals surface area contributed by atoms with Crippen molar-refractivity contribution in [3.8, 4) is 0 Å². The van der Waals surface area contributed by atoms with Crippen LogP contribution in [0.3, 0.4) is 0 Å². The second-order valence-electron chi connectivity index (χ2n) is 7.33. The van der Waals surface area contributed by atoms with Crippen LogP contribution in [0.5, 0.6) is 0 Å². The lowest BCUT2D eigenvalue weighted by Gasteiger charge is -2.12. The highest BCUT2D eigenvalue weighted by molar-refractivity contribution is 5.96. The third-order valence-electron chi connectivity index (χ3n) is 4.64. The first-order chi connectivity index (χ1) is 13.8. The third-order valence-corrected chi connectivity index (χ3v) is 4.64. The molecular formula is C23H29N3O3. The molecule has 0 aliphatic carbocycles. The summed E-state index contributed by atoms with van der Waals surface area (Å²) in [5.41, 5.74) is 4.10. The maximum atomic E-state index is 12.2. The smallest absolute Gasteiger partial charge is 0.251 e. The Bertz CT molecular complexity index is 872. The summed E-state index contributed by atoms with van der Waals surface area (Å²) in [6.07, 6.45) is 0.773. The van der Waals surface area contributed by atoms with Crippen molar-refractivity contribution in [3.63, 3.8) is 0 Å². The number of benzene rings is 2. The van der Waals surface area contributed by atoms with Crippen LogP contribution in [0.1, 0.15) is 47.3 Å². The molecule has 0 heterocycles. The van der Waals surface area contributed by atoms with Gasteiger partial charge in [0.1, 0.15) is 0 Å². The summed E-state index contributed by atoms with van der Waals surface area (Å²) >= 11 is 0. The lowest BCUT2D eigenvalue weighted by molar-refractivity contribution is -0.120. The number of hydrogen-bond donors (Lipinski definition) is 3. The van der Waals surface area contributed by atoms with Crippen LogP contribution in [-0.4, -0.2) is 24.3 Å². The summed E-state index contributed by atoms with van der Waals surface area (Å²) in [5.74, 6) is -0.639. The Morgan fingerprint density at radius 1 is 0.966 bits per heavy atom. The van der Waals surface area contributed by atoms with Gasteiger partial charge in [0.15, 0.2) is 0 Å². The number of aryl methyl sites for hydroxylation is 2. The van der Waals surface area contributed by atoms with E-state index in [2.05, 4.69) is 16.0 Å². The van der Waals surface area contributed by atoms with Gasteiger partial charge in [-0.3, -0.25) is 14.4 Å². The van der Waals surface area contributed by atoms with Crippen LogP contribution in [-0.2, 0) is 16.1 Å². The van der Waals surface area contributed by atoms with Gasteiger partial charge in [0.2, 0.25) is 11.8 Å². The molecule has 6 heteroatoms. The minimum absolute atomic E-state index is 0.0252. The highest BCUT2D eigenvalue weighted by atomic mass is 16.2. The molecule has 1 atom stereocenters. The maximum Gasteiger partial charge on any atom is 0.251 e. The van der Waals surface area contributed by atoms with Gasteiger partial charge in [0, 0.05) is 23.7 Å². The summed E-state index contributed by atoms with van der Waals surface area (Å²) in [6.45, 7) is 7.91. The Morgan fingerprint density at radius 2 is 1.66 bits per heavy atom. The van der Waals surface area contributed by atoms with Crippen molar-refractivity contribution in [1.82, 2.24) is 10.6 Å². The highest BCUT2D eigenvalue weighted by Crippen LogP contribution is 2.13. The quantitative estimate of drug-likeness (QED) is 0.641. The second-order valence-corrected chi connectivity index (χ2v) is 7.33. The molecule has 2 rings (SSSR count). The number of anilines is 1. The Balaban J connectivity index is 1.83. The number of rotatable bonds is 8. The van der Waals surface area contributed by atoms with Gasteiger partial charge in [-0.25, -0.2) is 0 Å². The van der Waals surface area contributed by atoms with E-state index < -0.39 is 0 Å². The van der Waals surface area contributed by atoms with E-state index in [-0.39, 0.29) is 30.2 Å². The Kier molecular flexibility index (Phi) is 7.95. The van der Waals surface area contributed by atoms with E-state index in [1.807, 2.05) is 58.0 Å². The fourth-order valence-electron chi connectivity index (χ4n) is 2.84. The van der Waals surface area contributed by atoms with Gasteiger partial charge < -0.3 is 16.0 Å². The molecule has 0 saturated heterocycles. The van der Waals surface area contributed by atoms with E-state index >= 15 is 0 Å². The number of nitrogens with one attached hydrogen (secondary N) is 3. The standard InChI is InChI=1S/C23H29N3O3/c1-5-17(4)22(28)26-20-8-6-7-18(12-20)13-24-21(27)14-25-23(29)19-10-15(2)9-16(3)11-19/h6-12,17H,5,13-14H2,1-4H3,(H,24,27)(H,25,29)(H,26,28). The molecule has 0 aliphatic rings. The molecule has 0 bridgehead atoms. The van der Waals surface area contributed by atoms with Crippen molar-refractivity contribution in [2.75, 3.05) is 11.9 Å². The SMILES string of the molecule is CCC(C)C(=O)Nc1cccc(CNC(=O)CNC(=O)c2cc(C)cc(C)c2)c1. The number of hydrogen-bond acceptors (Lipinski definition) is 3. The molecule has 2 aromatic carbocycles. The van der Waals surface area contributed by atoms with E-state index in [0.717, 1.165) is 23.1 Å². The molecule has 0 aromatic heterocycles. The molecule has 6 nitrogen and oxygen atoms in total. The van der Waals surface area contributed by atoms with Gasteiger partial charge in [0.05, 0.1) is 6.54 Å². The van der Waals surface area contributed by atoms with Crippen LogP contribution < -0.4 is 16.0 Å². The predicted molar refractivity (Wildman–Crippen MR) is 115 cm³/mol. The summed E-state index contributed by atoms with van der Waals surface area (Å²) in [5, 5.41) is 8.29. The summed E-state index contributed by atoms with van der Waals surface area (Å²) in [7, 11) is 0. The Hall–Kier alpha value is -3.15. The van der Waals surface area contributed by atoms with Crippen LogP contribution in [0.25, 0.3) is 0 Å². The zero-order valence-corrected chi connectivity index (χ0v) is 17.5. The first-order valence-electron chi connectivity index (χ1n) is 9.81. The molecule has 0 aliphatic heterocycles. The van der Waals surface area contributed by atoms with Gasteiger partial charge in [-0.2, -0.15) is 0 Å². The van der Waals surface area contributed by atoms with E-state index in [0.29, 0.717) is 17.8 Å². The van der Waals surface area contributed by atoms with Crippen molar-refractivity contribution in [1.29, 1.82) is 0 Å². The average Bonchev–Trinajstić information content (AvgIpc) is 2.69. The largest absolute Gasteiger partial charge is 0.350 e. The molecule has 2 aromatic rings. The average molecular weight is 396 g/mol. The molecule has 0 fully saturated rings. The van der Waals surface area contributed by atoms with Crippen LogP contribution >= 0.6 is 0 Å². The van der Waals surface area contributed by atoms with Gasteiger partial charge in [0.25, 0.3) is 5.91 Å². The summed E-state index contributed by atoms with van der Waals surface area (Å²) in [4.78, 5) is 36.3. The topological polar surface area (TPSA) is 87.3 Å². The zero-order valence-electron chi connectivity index (χ0n) is 17.5. The molecular weight excluding hydrogens is 366 g/mol. The normalized spacial score (nSPS) is 11.4. The van der Waals surface area contributed by atoms with Crippen LogP contribution in [0, 0.1) is 19.8 Å². The number of carbonyl (C=O) groups excluding carboxylic acids is 3. The summed E-state index contributed by atoms with van der Waals surface area (Å²) in [6, 6.07) is 12.9. The van der Waals surface area contributed by atoms with Crippen molar-refractivity contribution in [3.05, 3.63) is 64.7 Å². The van der Waals surface area contributed by atoms with E-state index in [4.69, 9.17) is 0 Å². The van der Waals surface area contributed by atoms with Crippen LogP contribution in [0.2, 0.25) is 0 Å². The van der Waals surface area contributed by atoms with Crippen LogP contribution in [0.4, 0.5) is 5.69 Å². The fraction of sp³-hybridized carbons (Fsp3) is 0.348. The molecule has 3 N–H and O–H groups in total. The second kappa shape index (κ2) is 10.4. The van der Waals surface area contributed by atoms with Crippen LogP contribution in [0.15, 0.2) is 42.5 Å². The van der Waals surface area contributed by atoms with Crippen molar-refractivity contribution < 1.29 is 14.4 Å². The van der Waals surface area contributed by atoms with Crippen molar-refractivity contribution >= 4 is 23.4 Å². The van der Waals surface area contributed by atoms with E-state index in [1.165, 1.54) is 0 Å². The molecule has 0 saturated carbocycles. The monoisotopic (exact) mass is 395 g/mol. The first kappa shape index (κ1) is 22.1. The predicted octanol–water partition coefficient (Wildman–Crippen LogP) is 3.33. The van der Waals surface area contributed by atoms with E-state index in [9.17, 15) is 14.4 Å². The van der Waals surface area contributed by atoms with Gasteiger partial charge in [-0.1, -0.05) is 43.2 Å². The number of carbonyl (C=O) groups is 3. The maximum absolute atomic E-state index is 12.2. The van der Waals surface area contributed by atoms with Crippen molar-refractivity contribution in [2.45, 2.75) is 40.7 Å². The van der Waals surface area contributed by atoms with Gasteiger partial charge in [-0.15, -0.1) is 0 Å². The molecule has 154 valence electrons. The minimum atomic E-state index is -0.281. The van der Waals surface area contributed by atoms with E-state index in [1.54, 1.807) is 12.1 Å². The minimum Gasteiger partial charge on any atom is -0.350 e. The Morgan fingerprint density at radius 3 is 2.31 bits per heavy atom. The number of amides is 3. The van der Waals surface area contributed by atoms with Gasteiger partial charge >= 0.3 is 0 Å². The zero-order chi connectivity index (χ0) is 21.4. The first-order valence-corrected chi connectivity index (χ1v) is 9.81. The third kappa shape index (κ3) is 7.07. The molecule has 3 amide bonds. The van der Waals surface area contributed by atoms with Crippen molar-refractivity contribution in [2.24, 2.45) is 5.92 Å². The Labute approximate surface area is 172 Å². The molecule has 29 heavy (non-hydrogen) atoms. The fourth-order valence-corrected chi connectivity index (χ4v) is 2.84. The molecule has 0 spiro atoms. The lowest BCUT2D eigenvalue weighted by atomic mass is 10.1.